The van der Waals surface area contributed by atoms with Gasteiger partial charge in [-0.3, -0.25) is 4.79 Å². The largest absolute Gasteiger partial charge is 0.342 e. The van der Waals surface area contributed by atoms with Crippen LogP contribution >= 0.6 is 11.3 Å². The van der Waals surface area contributed by atoms with Crippen LogP contribution in [0.4, 0.5) is 15.2 Å². The fraction of sp³-hybridized carbons (Fsp3) is 0.190. The summed E-state index contributed by atoms with van der Waals surface area (Å²) in [6.45, 7) is 3.84. The van der Waals surface area contributed by atoms with Crippen molar-refractivity contribution in [3.63, 3.8) is 0 Å². The zero-order chi connectivity index (χ0) is 20.5. The molecule has 0 fully saturated rings. The molecule has 2 aromatic carbocycles. The number of nitrogens with one attached hydrogen (secondary N) is 1. The van der Waals surface area contributed by atoms with Gasteiger partial charge in [0.15, 0.2) is 10.8 Å². The van der Waals surface area contributed by atoms with Crippen LogP contribution in [0.15, 0.2) is 48.5 Å². The number of thiazole rings is 1. The molecular formula is C21H20FN5OS. The number of carbonyl (C=O) groups excluding carboxylic acids is 1. The first-order valence-corrected chi connectivity index (χ1v) is 9.93. The fourth-order valence-corrected chi connectivity index (χ4v) is 4.02. The Morgan fingerprint density at radius 1 is 1.21 bits per heavy atom. The van der Waals surface area contributed by atoms with Crippen molar-refractivity contribution < 1.29 is 9.18 Å². The number of likely N-dealkylation sites (N-methyl/N-ethyl adjacent to an activating group) is 1. The van der Waals surface area contributed by atoms with Crippen LogP contribution in [0.5, 0.6) is 0 Å². The van der Waals surface area contributed by atoms with E-state index in [9.17, 15) is 9.18 Å². The molecule has 4 rings (SSSR count). The Kier molecular flexibility index (Phi) is 5.02. The molecule has 1 N–H and O–H groups in total. The normalized spacial score (nSPS) is 11.0. The second-order valence-corrected chi connectivity index (χ2v) is 7.82. The van der Waals surface area contributed by atoms with Crippen molar-refractivity contribution in [3.8, 4) is 5.69 Å². The summed E-state index contributed by atoms with van der Waals surface area (Å²) in [6.07, 6.45) is 0. The van der Waals surface area contributed by atoms with Gasteiger partial charge in [0.1, 0.15) is 5.82 Å². The van der Waals surface area contributed by atoms with Crippen molar-refractivity contribution in [2.75, 3.05) is 23.8 Å². The summed E-state index contributed by atoms with van der Waals surface area (Å²) in [5.41, 5.74) is 3.89. The van der Waals surface area contributed by atoms with E-state index < -0.39 is 0 Å². The van der Waals surface area contributed by atoms with E-state index in [-0.39, 0.29) is 18.3 Å². The van der Waals surface area contributed by atoms with Crippen LogP contribution in [-0.4, -0.2) is 34.3 Å². The van der Waals surface area contributed by atoms with Crippen molar-refractivity contribution >= 4 is 38.4 Å². The van der Waals surface area contributed by atoms with Gasteiger partial charge in [-0.05, 0) is 49.7 Å². The Labute approximate surface area is 171 Å². The molecule has 0 radical (unpaired) electrons. The minimum absolute atomic E-state index is 0.130. The summed E-state index contributed by atoms with van der Waals surface area (Å²) in [4.78, 5) is 19.0. The molecule has 0 atom stereocenters. The van der Waals surface area contributed by atoms with Crippen LogP contribution in [-0.2, 0) is 4.79 Å². The van der Waals surface area contributed by atoms with Crippen LogP contribution < -0.4 is 10.2 Å². The molecule has 0 bridgehead atoms. The van der Waals surface area contributed by atoms with Gasteiger partial charge in [0, 0.05) is 12.7 Å². The van der Waals surface area contributed by atoms with Crippen molar-refractivity contribution in [1.82, 2.24) is 14.8 Å². The molecular weight excluding hydrogens is 389 g/mol. The van der Waals surface area contributed by atoms with Crippen LogP contribution in [0.1, 0.15) is 11.3 Å². The average Bonchev–Trinajstić information content (AvgIpc) is 3.26. The highest BCUT2D eigenvalue weighted by molar-refractivity contribution is 7.22. The minimum Gasteiger partial charge on any atom is -0.342 e. The van der Waals surface area contributed by atoms with Gasteiger partial charge in [0.25, 0.3) is 0 Å². The Hall–Kier alpha value is -3.26. The zero-order valence-electron chi connectivity index (χ0n) is 16.3. The number of aryl methyl sites for hydroxylation is 2. The van der Waals surface area contributed by atoms with Gasteiger partial charge in [0.2, 0.25) is 5.91 Å². The van der Waals surface area contributed by atoms with E-state index >= 15 is 0 Å². The van der Waals surface area contributed by atoms with Gasteiger partial charge in [-0.1, -0.05) is 29.5 Å². The maximum atomic E-state index is 13.2. The number of aromatic nitrogens is 3. The predicted molar refractivity (Wildman–Crippen MR) is 115 cm³/mol. The molecule has 1 amide bonds. The number of fused-ring (bicyclic) bond motifs is 1. The lowest BCUT2D eigenvalue weighted by atomic mass is 10.2. The Balaban J connectivity index is 1.54. The number of rotatable bonds is 5. The van der Waals surface area contributed by atoms with E-state index in [1.807, 2.05) is 49.0 Å². The van der Waals surface area contributed by atoms with E-state index in [1.165, 1.54) is 23.5 Å². The number of anilines is 2. The molecule has 2 aromatic heterocycles. The molecule has 4 aromatic rings. The first kappa shape index (κ1) is 19.1. The second kappa shape index (κ2) is 7.63. The number of halogens is 1. The molecule has 0 unspecified atom stereocenters. The Bertz CT molecular complexity index is 1180. The summed E-state index contributed by atoms with van der Waals surface area (Å²) >= 11 is 1.50. The third kappa shape index (κ3) is 3.84. The average molecular weight is 409 g/mol. The first-order valence-electron chi connectivity index (χ1n) is 9.11. The van der Waals surface area contributed by atoms with Crippen molar-refractivity contribution in [2.24, 2.45) is 0 Å². The molecule has 0 aliphatic carbocycles. The molecule has 0 aliphatic rings. The summed E-state index contributed by atoms with van der Waals surface area (Å²) in [5, 5.41) is 8.15. The highest BCUT2D eigenvalue weighted by Gasteiger charge is 2.18. The van der Waals surface area contributed by atoms with Crippen LogP contribution in [0.3, 0.4) is 0 Å². The second-order valence-electron chi connectivity index (χ2n) is 6.85. The number of benzene rings is 2. The molecule has 0 saturated heterocycles. The summed E-state index contributed by atoms with van der Waals surface area (Å²) in [7, 11) is 1.82. The van der Waals surface area contributed by atoms with Crippen molar-refractivity contribution in [2.45, 2.75) is 13.8 Å². The van der Waals surface area contributed by atoms with Crippen molar-refractivity contribution in [1.29, 1.82) is 0 Å². The predicted octanol–water partition coefficient (Wildman–Crippen LogP) is 4.31. The number of carbonyl (C=O) groups is 1. The van der Waals surface area contributed by atoms with Gasteiger partial charge in [0.05, 0.1) is 22.6 Å². The van der Waals surface area contributed by atoms with Gasteiger partial charge in [-0.25, -0.2) is 9.07 Å². The smallest absolute Gasteiger partial charge is 0.243 e. The number of hydrogen-bond donors (Lipinski definition) is 1. The highest BCUT2D eigenvalue weighted by atomic mass is 32.1. The molecule has 0 saturated carbocycles. The van der Waals surface area contributed by atoms with Gasteiger partial charge in [-0.15, -0.1) is 0 Å². The number of amides is 1. The van der Waals surface area contributed by atoms with Gasteiger partial charge >= 0.3 is 0 Å². The third-order valence-corrected chi connectivity index (χ3v) is 5.82. The van der Waals surface area contributed by atoms with Gasteiger partial charge < -0.3 is 10.2 Å². The first-order chi connectivity index (χ1) is 13.9. The maximum absolute atomic E-state index is 13.2. The van der Waals surface area contributed by atoms with E-state index in [2.05, 4.69) is 10.4 Å². The molecule has 0 aliphatic heterocycles. The van der Waals surface area contributed by atoms with E-state index in [0.717, 1.165) is 26.9 Å². The van der Waals surface area contributed by atoms with E-state index in [1.54, 1.807) is 17.9 Å². The lowest BCUT2D eigenvalue weighted by molar-refractivity contribution is -0.114. The Morgan fingerprint density at radius 3 is 2.69 bits per heavy atom. The molecule has 2 heterocycles. The molecule has 8 heteroatoms. The van der Waals surface area contributed by atoms with E-state index in [4.69, 9.17) is 4.98 Å². The number of nitrogens with zero attached hydrogens (tertiary/aromatic N) is 4. The standard InChI is InChI=1S/C21H20FN5OS/c1-13-11-15(22)9-10-17(13)23-18(28)12-26(3)21-24-20-19(29-21)14(2)25-27(20)16-7-5-4-6-8-16/h4-11H,12H2,1-3H3,(H,23,28). The summed E-state index contributed by atoms with van der Waals surface area (Å²) < 4.78 is 16.1. The lowest BCUT2D eigenvalue weighted by Crippen LogP contribution is -2.30. The quantitative estimate of drug-likeness (QED) is 0.533. The summed E-state index contributed by atoms with van der Waals surface area (Å²) in [6, 6.07) is 14.1. The molecule has 148 valence electrons. The lowest BCUT2D eigenvalue weighted by Gasteiger charge is -2.16. The molecule has 29 heavy (non-hydrogen) atoms. The highest BCUT2D eigenvalue weighted by Crippen LogP contribution is 2.32. The minimum atomic E-state index is -0.324. The fourth-order valence-electron chi connectivity index (χ4n) is 3.08. The molecule has 6 nitrogen and oxygen atoms in total. The third-order valence-electron chi connectivity index (χ3n) is 4.55. The van der Waals surface area contributed by atoms with Crippen LogP contribution in [0.25, 0.3) is 16.0 Å². The maximum Gasteiger partial charge on any atom is 0.243 e. The Morgan fingerprint density at radius 2 is 1.97 bits per heavy atom. The number of para-hydroxylation sites is 1. The van der Waals surface area contributed by atoms with E-state index in [0.29, 0.717) is 11.3 Å². The topological polar surface area (TPSA) is 63.1 Å². The SMILES string of the molecule is Cc1cc(F)ccc1NC(=O)CN(C)c1nc2c(s1)c(C)nn2-c1ccccc1. The van der Waals surface area contributed by atoms with Crippen LogP contribution in [0, 0.1) is 19.7 Å². The summed E-state index contributed by atoms with van der Waals surface area (Å²) in [5.74, 6) is -0.516. The monoisotopic (exact) mass is 409 g/mol. The zero-order valence-corrected chi connectivity index (χ0v) is 17.1. The number of hydrogen-bond acceptors (Lipinski definition) is 5. The van der Waals surface area contributed by atoms with Crippen LogP contribution in [0.2, 0.25) is 0 Å². The van der Waals surface area contributed by atoms with Gasteiger partial charge in [-0.2, -0.15) is 10.1 Å². The van der Waals surface area contributed by atoms with Crippen molar-refractivity contribution in [3.05, 3.63) is 65.6 Å². The molecule has 0 spiro atoms.